The molecule has 1 N–H and O–H groups in total. The summed E-state index contributed by atoms with van der Waals surface area (Å²) in [4.78, 5) is 32.7. The highest BCUT2D eigenvalue weighted by Crippen LogP contribution is 2.41. The molecule has 8 heteroatoms. The number of fused-ring (bicyclic) bond motifs is 2. The molecule has 3 aromatic rings. The number of aromatic nitrogens is 3. The first-order valence-corrected chi connectivity index (χ1v) is 11.1. The Hall–Kier alpha value is -3.42. The van der Waals surface area contributed by atoms with Gasteiger partial charge in [-0.1, -0.05) is 6.07 Å². The molecule has 2 aliphatic heterocycles. The van der Waals surface area contributed by atoms with Crippen molar-refractivity contribution in [2.45, 2.75) is 44.8 Å². The molecule has 2 fully saturated rings. The van der Waals surface area contributed by atoms with E-state index < -0.39 is 0 Å². The molecule has 3 aliphatic rings. The maximum atomic E-state index is 11.7. The molecule has 164 valence electrons. The number of amides is 1. The van der Waals surface area contributed by atoms with Crippen LogP contribution in [0.15, 0.2) is 30.6 Å². The highest BCUT2D eigenvalue weighted by atomic mass is 16.5. The minimum atomic E-state index is -0.124. The zero-order valence-corrected chi connectivity index (χ0v) is 17.8. The average molecular weight is 432 g/mol. The molecular weight excluding hydrogens is 408 g/mol. The molecular formula is C24H24N4O4. The van der Waals surface area contributed by atoms with E-state index in [9.17, 15) is 9.59 Å². The summed E-state index contributed by atoms with van der Waals surface area (Å²) in [5.74, 6) is 1.53. The number of nitrogens with zero attached hydrogens (tertiary/aromatic N) is 3. The van der Waals surface area contributed by atoms with E-state index in [2.05, 4.69) is 19.9 Å². The lowest BCUT2D eigenvalue weighted by Gasteiger charge is -2.21. The Morgan fingerprint density at radius 3 is 2.91 bits per heavy atom. The molecule has 0 spiro atoms. The van der Waals surface area contributed by atoms with Crippen LogP contribution in [0.25, 0.3) is 22.3 Å². The van der Waals surface area contributed by atoms with Gasteiger partial charge in [-0.25, -0.2) is 9.97 Å². The van der Waals surface area contributed by atoms with Crippen LogP contribution >= 0.6 is 0 Å². The van der Waals surface area contributed by atoms with Crippen molar-refractivity contribution in [3.05, 3.63) is 36.2 Å². The summed E-state index contributed by atoms with van der Waals surface area (Å²) >= 11 is 0. The standard InChI is InChI=1S/C24H24N4O4/c1-13(16-9-22(30)25-10-16)32-21-8-15(7-20-23(21)28(12-26-20)17-3-4-17)19-5-2-14-6-18(29)11-31-24(14)27-19/h2,5,7-8,12-13,16-17H,3-4,6,9-11H2,1H3,(H,25,30)/t13-,16-/m1/s1. The number of imidazole rings is 1. The third-order valence-corrected chi connectivity index (χ3v) is 6.55. The van der Waals surface area contributed by atoms with Gasteiger partial charge in [-0.05, 0) is 38.0 Å². The summed E-state index contributed by atoms with van der Waals surface area (Å²) in [5.41, 5.74) is 4.28. The normalized spacial score (nSPS) is 21.2. The number of rotatable bonds is 5. The van der Waals surface area contributed by atoms with Crippen LogP contribution in [0.3, 0.4) is 0 Å². The molecule has 6 rings (SSSR count). The Labute approximate surface area is 184 Å². The smallest absolute Gasteiger partial charge is 0.220 e. The molecule has 0 unspecified atom stereocenters. The van der Waals surface area contributed by atoms with Crippen LogP contribution in [-0.4, -0.2) is 45.5 Å². The van der Waals surface area contributed by atoms with Gasteiger partial charge >= 0.3 is 0 Å². The summed E-state index contributed by atoms with van der Waals surface area (Å²) < 4.78 is 14.2. The molecule has 1 amide bonds. The fraction of sp³-hybridized carbons (Fsp3) is 0.417. The predicted molar refractivity (Wildman–Crippen MR) is 117 cm³/mol. The maximum absolute atomic E-state index is 11.7. The van der Waals surface area contributed by atoms with E-state index in [1.54, 1.807) is 0 Å². The van der Waals surface area contributed by atoms with Gasteiger partial charge in [0.15, 0.2) is 5.78 Å². The van der Waals surface area contributed by atoms with Crippen molar-refractivity contribution >= 4 is 22.7 Å². The molecule has 32 heavy (non-hydrogen) atoms. The lowest BCUT2D eigenvalue weighted by atomic mass is 10.0. The number of nitrogens with one attached hydrogen (secondary N) is 1. The Bertz CT molecular complexity index is 1250. The Balaban J connectivity index is 1.40. The topological polar surface area (TPSA) is 95.3 Å². The molecule has 8 nitrogen and oxygen atoms in total. The van der Waals surface area contributed by atoms with Crippen molar-refractivity contribution in [1.82, 2.24) is 19.9 Å². The number of carbonyl (C=O) groups excluding carboxylic acids is 2. The summed E-state index contributed by atoms with van der Waals surface area (Å²) in [6.45, 7) is 2.71. The van der Waals surface area contributed by atoms with Gasteiger partial charge in [-0.3, -0.25) is 9.59 Å². The highest BCUT2D eigenvalue weighted by molar-refractivity contribution is 5.88. The number of pyridine rings is 1. The molecule has 1 saturated heterocycles. The van der Waals surface area contributed by atoms with Gasteiger partial charge in [-0.2, -0.15) is 0 Å². The Morgan fingerprint density at radius 1 is 1.25 bits per heavy atom. The Kier molecular flexibility index (Phi) is 4.41. The van der Waals surface area contributed by atoms with E-state index in [0.717, 1.165) is 46.4 Å². The number of ether oxygens (including phenoxy) is 2. The van der Waals surface area contributed by atoms with Crippen LogP contribution in [0.1, 0.15) is 37.8 Å². The zero-order chi connectivity index (χ0) is 21.8. The highest BCUT2D eigenvalue weighted by Gasteiger charge is 2.31. The average Bonchev–Trinajstić information content (AvgIpc) is 3.39. The molecule has 2 aromatic heterocycles. The van der Waals surface area contributed by atoms with Gasteiger partial charge in [0.25, 0.3) is 0 Å². The number of Topliss-reactive ketones (excluding diaryl/α,β-unsaturated/α-hetero) is 1. The molecule has 0 bridgehead atoms. The van der Waals surface area contributed by atoms with Crippen LogP contribution in [0.5, 0.6) is 11.6 Å². The van der Waals surface area contributed by atoms with Crippen molar-refractivity contribution in [2.75, 3.05) is 13.2 Å². The van der Waals surface area contributed by atoms with Gasteiger partial charge < -0.3 is 19.4 Å². The van der Waals surface area contributed by atoms with E-state index in [0.29, 0.717) is 31.3 Å². The van der Waals surface area contributed by atoms with Gasteiger partial charge in [-0.15, -0.1) is 0 Å². The monoisotopic (exact) mass is 432 g/mol. The van der Waals surface area contributed by atoms with E-state index in [4.69, 9.17) is 9.47 Å². The number of ketones is 1. The molecule has 2 atom stereocenters. The first kappa shape index (κ1) is 19.3. The molecule has 4 heterocycles. The number of carbonyl (C=O) groups is 2. The van der Waals surface area contributed by atoms with Crippen LogP contribution in [0.4, 0.5) is 0 Å². The minimum Gasteiger partial charge on any atom is -0.488 e. The zero-order valence-electron chi connectivity index (χ0n) is 17.8. The molecule has 1 aromatic carbocycles. The number of hydrogen-bond donors (Lipinski definition) is 1. The minimum absolute atomic E-state index is 0.0589. The third kappa shape index (κ3) is 3.39. The van der Waals surface area contributed by atoms with E-state index >= 15 is 0 Å². The van der Waals surface area contributed by atoms with Crippen molar-refractivity contribution in [3.8, 4) is 22.9 Å². The quantitative estimate of drug-likeness (QED) is 0.666. The van der Waals surface area contributed by atoms with Crippen LogP contribution < -0.4 is 14.8 Å². The SMILES string of the molecule is C[C@@H](Oc1cc(-c2ccc3c(n2)OCC(=O)C3)cc2ncn(C3CC3)c12)[C@H]1CNC(=O)C1. The molecule has 0 radical (unpaired) electrons. The Morgan fingerprint density at radius 2 is 2.12 bits per heavy atom. The molecule has 1 saturated carbocycles. The van der Waals surface area contributed by atoms with Gasteiger partial charge in [0.2, 0.25) is 11.8 Å². The second-order valence-electron chi connectivity index (χ2n) is 8.98. The number of hydrogen-bond acceptors (Lipinski definition) is 6. The largest absolute Gasteiger partial charge is 0.488 e. The maximum Gasteiger partial charge on any atom is 0.220 e. The summed E-state index contributed by atoms with van der Waals surface area (Å²) in [7, 11) is 0. The number of benzene rings is 1. The lowest BCUT2D eigenvalue weighted by molar-refractivity contribution is -0.121. The first-order valence-electron chi connectivity index (χ1n) is 11.1. The predicted octanol–water partition coefficient (Wildman–Crippen LogP) is 2.84. The van der Waals surface area contributed by atoms with Gasteiger partial charge in [0.05, 0.1) is 17.5 Å². The fourth-order valence-corrected chi connectivity index (χ4v) is 4.56. The van der Waals surface area contributed by atoms with Crippen LogP contribution in [0.2, 0.25) is 0 Å². The fourth-order valence-electron chi connectivity index (χ4n) is 4.56. The second-order valence-corrected chi connectivity index (χ2v) is 8.98. The summed E-state index contributed by atoms with van der Waals surface area (Å²) in [6.07, 6.45) is 4.89. The lowest BCUT2D eigenvalue weighted by Crippen LogP contribution is -2.25. The van der Waals surface area contributed by atoms with Crippen molar-refractivity contribution < 1.29 is 19.1 Å². The van der Waals surface area contributed by atoms with Crippen molar-refractivity contribution in [1.29, 1.82) is 0 Å². The van der Waals surface area contributed by atoms with Crippen LogP contribution in [-0.2, 0) is 16.0 Å². The summed E-state index contributed by atoms with van der Waals surface area (Å²) in [5, 5.41) is 2.89. The third-order valence-electron chi connectivity index (χ3n) is 6.55. The molecule has 1 aliphatic carbocycles. The van der Waals surface area contributed by atoms with Crippen LogP contribution in [0, 0.1) is 5.92 Å². The van der Waals surface area contributed by atoms with E-state index in [-0.39, 0.29) is 30.3 Å². The first-order chi connectivity index (χ1) is 15.5. The van der Waals surface area contributed by atoms with E-state index in [1.165, 1.54) is 0 Å². The van der Waals surface area contributed by atoms with E-state index in [1.807, 2.05) is 37.5 Å². The van der Waals surface area contributed by atoms with Crippen molar-refractivity contribution in [2.24, 2.45) is 5.92 Å². The summed E-state index contributed by atoms with van der Waals surface area (Å²) in [6, 6.07) is 8.31. The van der Waals surface area contributed by atoms with Gasteiger partial charge in [0, 0.05) is 42.5 Å². The second kappa shape index (κ2) is 7.32. The van der Waals surface area contributed by atoms with Gasteiger partial charge in [0.1, 0.15) is 24.0 Å². The van der Waals surface area contributed by atoms with Crippen molar-refractivity contribution in [3.63, 3.8) is 0 Å².